The van der Waals surface area contributed by atoms with Crippen LogP contribution in [0.15, 0.2) is 29.2 Å². The molecule has 0 amide bonds. The molecule has 0 heterocycles. The SMILES string of the molecule is CCNC(C)Cc1ccc(S(=O)(=O)NC2CC2)cc1. The Hall–Kier alpha value is -0.910. The lowest BCUT2D eigenvalue weighted by atomic mass is 10.1. The van der Waals surface area contributed by atoms with Gasteiger partial charge in [0.2, 0.25) is 10.0 Å². The second-order valence-corrected chi connectivity index (χ2v) is 6.92. The zero-order chi connectivity index (χ0) is 13.9. The summed E-state index contributed by atoms with van der Waals surface area (Å²) >= 11 is 0. The van der Waals surface area contributed by atoms with Crippen LogP contribution in [0.4, 0.5) is 0 Å². The molecule has 1 atom stereocenters. The van der Waals surface area contributed by atoms with Gasteiger partial charge in [-0.1, -0.05) is 19.1 Å². The number of hydrogen-bond acceptors (Lipinski definition) is 3. The second kappa shape index (κ2) is 6.03. The van der Waals surface area contributed by atoms with Crippen LogP contribution in [0.25, 0.3) is 0 Å². The minimum Gasteiger partial charge on any atom is -0.314 e. The molecule has 4 nitrogen and oxygen atoms in total. The summed E-state index contributed by atoms with van der Waals surface area (Å²) in [4.78, 5) is 0.360. The van der Waals surface area contributed by atoms with Crippen molar-refractivity contribution in [1.82, 2.24) is 10.0 Å². The van der Waals surface area contributed by atoms with Crippen LogP contribution in [0.2, 0.25) is 0 Å². The molecule has 0 saturated heterocycles. The highest BCUT2D eigenvalue weighted by atomic mass is 32.2. The Kier molecular flexibility index (Phi) is 4.60. The van der Waals surface area contributed by atoms with Crippen LogP contribution in [0.5, 0.6) is 0 Å². The maximum absolute atomic E-state index is 12.0. The van der Waals surface area contributed by atoms with Crippen LogP contribution in [-0.4, -0.2) is 27.0 Å². The third kappa shape index (κ3) is 4.30. The van der Waals surface area contributed by atoms with Crippen molar-refractivity contribution in [2.75, 3.05) is 6.54 Å². The molecule has 1 aliphatic rings. The van der Waals surface area contributed by atoms with E-state index >= 15 is 0 Å². The van der Waals surface area contributed by atoms with Crippen molar-refractivity contribution in [3.8, 4) is 0 Å². The van der Waals surface area contributed by atoms with Crippen molar-refractivity contribution in [2.24, 2.45) is 0 Å². The third-order valence-corrected chi connectivity index (χ3v) is 4.76. The normalized spacial score (nSPS) is 17.4. The van der Waals surface area contributed by atoms with Gasteiger partial charge in [0, 0.05) is 12.1 Å². The number of sulfonamides is 1. The van der Waals surface area contributed by atoms with Crippen LogP contribution >= 0.6 is 0 Å². The van der Waals surface area contributed by atoms with Gasteiger partial charge in [-0.25, -0.2) is 13.1 Å². The Labute approximate surface area is 115 Å². The van der Waals surface area contributed by atoms with E-state index in [-0.39, 0.29) is 6.04 Å². The number of benzene rings is 1. The Morgan fingerprint density at radius 2 is 1.89 bits per heavy atom. The predicted octanol–water partition coefficient (Wildman–Crippen LogP) is 1.67. The predicted molar refractivity (Wildman–Crippen MR) is 76.6 cm³/mol. The van der Waals surface area contributed by atoms with E-state index in [0.29, 0.717) is 10.9 Å². The summed E-state index contributed by atoms with van der Waals surface area (Å²) in [5.74, 6) is 0. The zero-order valence-electron chi connectivity index (χ0n) is 11.5. The summed E-state index contributed by atoms with van der Waals surface area (Å²) in [6, 6.07) is 7.73. The van der Waals surface area contributed by atoms with E-state index in [4.69, 9.17) is 0 Å². The first-order valence-corrected chi connectivity index (χ1v) is 8.34. The molecule has 1 aromatic carbocycles. The first kappa shape index (κ1) is 14.5. The van der Waals surface area contributed by atoms with Crippen molar-refractivity contribution in [2.45, 2.75) is 50.1 Å². The average Bonchev–Trinajstić information content (AvgIpc) is 3.13. The van der Waals surface area contributed by atoms with Crippen molar-refractivity contribution >= 4 is 10.0 Å². The third-order valence-electron chi connectivity index (χ3n) is 3.23. The Morgan fingerprint density at radius 3 is 2.42 bits per heavy atom. The van der Waals surface area contributed by atoms with Gasteiger partial charge in [-0.2, -0.15) is 0 Å². The molecule has 1 aromatic rings. The summed E-state index contributed by atoms with van der Waals surface area (Å²) in [6.07, 6.45) is 2.82. The Bertz CT molecular complexity index is 507. The minimum atomic E-state index is -3.32. The first-order chi connectivity index (χ1) is 9.01. The fourth-order valence-electron chi connectivity index (χ4n) is 2.07. The van der Waals surface area contributed by atoms with E-state index in [9.17, 15) is 8.42 Å². The monoisotopic (exact) mass is 282 g/mol. The average molecular weight is 282 g/mol. The summed E-state index contributed by atoms with van der Waals surface area (Å²) in [5, 5.41) is 3.34. The highest BCUT2D eigenvalue weighted by Gasteiger charge is 2.27. The maximum atomic E-state index is 12.0. The zero-order valence-corrected chi connectivity index (χ0v) is 12.3. The van der Waals surface area contributed by atoms with E-state index in [1.54, 1.807) is 12.1 Å². The summed E-state index contributed by atoms with van der Waals surface area (Å²) in [5.41, 5.74) is 1.15. The van der Waals surface area contributed by atoms with Gasteiger partial charge in [0.1, 0.15) is 0 Å². The molecular weight excluding hydrogens is 260 g/mol. The van der Waals surface area contributed by atoms with Gasteiger partial charge in [-0.15, -0.1) is 0 Å². The number of nitrogens with one attached hydrogen (secondary N) is 2. The molecule has 2 N–H and O–H groups in total. The van der Waals surface area contributed by atoms with Gasteiger partial charge in [-0.05, 0) is 50.4 Å². The van der Waals surface area contributed by atoms with E-state index in [2.05, 4.69) is 23.9 Å². The van der Waals surface area contributed by atoms with Crippen LogP contribution < -0.4 is 10.0 Å². The topological polar surface area (TPSA) is 58.2 Å². The van der Waals surface area contributed by atoms with Crippen molar-refractivity contribution in [1.29, 1.82) is 0 Å². The molecule has 0 aromatic heterocycles. The van der Waals surface area contributed by atoms with Gasteiger partial charge in [-0.3, -0.25) is 0 Å². The van der Waals surface area contributed by atoms with Crippen molar-refractivity contribution in [3.05, 3.63) is 29.8 Å². The highest BCUT2D eigenvalue weighted by molar-refractivity contribution is 7.89. The summed E-state index contributed by atoms with van der Waals surface area (Å²) < 4.78 is 26.7. The van der Waals surface area contributed by atoms with Crippen LogP contribution in [0.1, 0.15) is 32.3 Å². The van der Waals surface area contributed by atoms with E-state index in [0.717, 1.165) is 31.4 Å². The van der Waals surface area contributed by atoms with E-state index in [1.165, 1.54) is 0 Å². The number of hydrogen-bond donors (Lipinski definition) is 2. The molecule has 0 aliphatic heterocycles. The quantitative estimate of drug-likeness (QED) is 0.800. The number of rotatable bonds is 7. The lowest BCUT2D eigenvalue weighted by molar-refractivity contribution is 0.565. The van der Waals surface area contributed by atoms with Crippen molar-refractivity contribution in [3.63, 3.8) is 0 Å². The van der Waals surface area contributed by atoms with Gasteiger partial charge in [0.25, 0.3) is 0 Å². The molecule has 1 saturated carbocycles. The molecule has 1 aliphatic carbocycles. The molecule has 0 radical (unpaired) electrons. The standard InChI is InChI=1S/C14H22N2O2S/c1-3-15-11(2)10-12-4-8-14(9-5-12)19(17,18)16-13-6-7-13/h4-5,8-9,11,13,15-16H,3,6-7,10H2,1-2H3. The van der Waals surface area contributed by atoms with E-state index in [1.807, 2.05) is 12.1 Å². The molecule has 0 spiro atoms. The van der Waals surface area contributed by atoms with Crippen molar-refractivity contribution < 1.29 is 8.42 Å². The summed E-state index contributed by atoms with van der Waals surface area (Å²) in [6.45, 7) is 5.15. The van der Waals surface area contributed by atoms with Gasteiger partial charge < -0.3 is 5.32 Å². The highest BCUT2D eigenvalue weighted by Crippen LogP contribution is 2.22. The van der Waals surface area contributed by atoms with Crippen LogP contribution in [0, 0.1) is 0 Å². The first-order valence-electron chi connectivity index (χ1n) is 6.86. The molecule has 2 rings (SSSR count). The minimum absolute atomic E-state index is 0.151. The molecule has 1 unspecified atom stereocenters. The Morgan fingerprint density at radius 1 is 1.26 bits per heavy atom. The largest absolute Gasteiger partial charge is 0.314 e. The molecule has 106 valence electrons. The molecule has 1 fully saturated rings. The van der Waals surface area contributed by atoms with Gasteiger partial charge >= 0.3 is 0 Å². The molecular formula is C14H22N2O2S. The fraction of sp³-hybridized carbons (Fsp3) is 0.571. The second-order valence-electron chi connectivity index (χ2n) is 5.20. The van der Waals surface area contributed by atoms with Crippen LogP contribution in [-0.2, 0) is 16.4 Å². The molecule has 0 bridgehead atoms. The number of likely N-dealkylation sites (N-methyl/N-ethyl adjacent to an activating group) is 1. The van der Waals surface area contributed by atoms with Gasteiger partial charge in [0.15, 0.2) is 0 Å². The van der Waals surface area contributed by atoms with E-state index < -0.39 is 10.0 Å². The fourth-order valence-corrected chi connectivity index (χ4v) is 3.37. The molecule has 19 heavy (non-hydrogen) atoms. The molecule has 5 heteroatoms. The summed E-state index contributed by atoms with van der Waals surface area (Å²) in [7, 11) is -3.32. The lowest BCUT2D eigenvalue weighted by Crippen LogP contribution is -2.27. The smallest absolute Gasteiger partial charge is 0.240 e. The van der Waals surface area contributed by atoms with Crippen LogP contribution in [0.3, 0.4) is 0 Å². The van der Waals surface area contributed by atoms with Gasteiger partial charge in [0.05, 0.1) is 4.90 Å². The Balaban J connectivity index is 2.01. The maximum Gasteiger partial charge on any atom is 0.240 e. The lowest BCUT2D eigenvalue weighted by Gasteiger charge is -2.12.